The molecule has 5 heteroatoms. The molecule has 2 aliphatic carbocycles. The van der Waals surface area contributed by atoms with E-state index in [1.165, 1.54) is 12.7 Å². The van der Waals surface area contributed by atoms with E-state index < -0.39 is 0 Å². The maximum atomic E-state index is 12.5. The highest BCUT2D eigenvalue weighted by atomic mass is 16.5. The van der Waals surface area contributed by atoms with Crippen LogP contribution >= 0.6 is 0 Å². The number of para-hydroxylation sites is 1. The van der Waals surface area contributed by atoms with Gasteiger partial charge in [0.15, 0.2) is 0 Å². The smallest absolute Gasteiger partial charge is 0.281 e. The van der Waals surface area contributed by atoms with E-state index in [2.05, 4.69) is 10.3 Å². The molecular weight excluding hydrogens is 328 g/mol. The van der Waals surface area contributed by atoms with Gasteiger partial charge in [0.2, 0.25) is 0 Å². The summed E-state index contributed by atoms with van der Waals surface area (Å²) in [6, 6.07) is 7.01. The van der Waals surface area contributed by atoms with Crippen LogP contribution in [0.25, 0.3) is 0 Å². The number of hydrogen-bond acceptors (Lipinski definition) is 3. The van der Waals surface area contributed by atoms with E-state index in [9.17, 15) is 9.59 Å². The number of ether oxygens (including phenoxy) is 1. The first kappa shape index (κ1) is 16.5. The van der Waals surface area contributed by atoms with Crippen molar-refractivity contribution in [2.24, 2.45) is 10.9 Å². The number of aliphatic imine (C=N–C) groups is 1. The van der Waals surface area contributed by atoms with Crippen molar-refractivity contribution in [3.05, 3.63) is 64.9 Å². The lowest BCUT2D eigenvalue weighted by molar-refractivity contribution is -0.117. The van der Waals surface area contributed by atoms with Gasteiger partial charge in [-0.1, -0.05) is 18.2 Å². The number of nitrogens with zero attached hydrogens (tertiary/aromatic N) is 1. The summed E-state index contributed by atoms with van der Waals surface area (Å²) in [6.07, 6.45) is 9.70. The van der Waals surface area contributed by atoms with Crippen LogP contribution in [0.2, 0.25) is 0 Å². The van der Waals surface area contributed by atoms with E-state index in [4.69, 9.17) is 4.74 Å². The van der Waals surface area contributed by atoms with Gasteiger partial charge in [-0.05, 0) is 55.5 Å². The van der Waals surface area contributed by atoms with E-state index in [0.717, 1.165) is 37.0 Å². The molecule has 0 aromatic heterocycles. The fourth-order valence-electron chi connectivity index (χ4n) is 3.82. The van der Waals surface area contributed by atoms with Crippen molar-refractivity contribution >= 4 is 17.5 Å². The van der Waals surface area contributed by atoms with Crippen LogP contribution in [0.1, 0.15) is 36.0 Å². The van der Waals surface area contributed by atoms with Gasteiger partial charge in [-0.15, -0.1) is 0 Å². The van der Waals surface area contributed by atoms with Crippen molar-refractivity contribution in [2.75, 3.05) is 7.11 Å². The van der Waals surface area contributed by atoms with Crippen LogP contribution in [0.3, 0.4) is 0 Å². The van der Waals surface area contributed by atoms with Crippen molar-refractivity contribution < 1.29 is 14.3 Å². The molecular formula is C21H20N2O3. The van der Waals surface area contributed by atoms with Crippen LogP contribution in [0.4, 0.5) is 0 Å². The minimum atomic E-state index is -0.364. The molecule has 1 N–H and O–H groups in total. The second-order valence-corrected chi connectivity index (χ2v) is 6.64. The maximum absolute atomic E-state index is 12.5. The number of carbonyl (C=O) groups excluding carboxylic acids is 2. The fraction of sp³-hybridized carbons (Fsp3) is 0.286. The minimum Gasteiger partial charge on any atom is -0.496 e. The number of allylic oxidation sites excluding steroid dienone is 3. The number of hydrogen-bond donors (Lipinski definition) is 1. The lowest BCUT2D eigenvalue weighted by Gasteiger charge is -2.33. The van der Waals surface area contributed by atoms with Crippen molar-refractivity contribution in [3.63, 3.8) is 0 Å². The van der Waals surface area contributed by atoms with Gasteiger partial charge in [-0.2, -0.15) is 0 Å². The number of amides is 2. The number of nitrogens with one attached hydrogen (secondary N) is 1. The maximum Gasteiger partial charge on any atom is 0.281 e. The van der Waals surface area contributed by atoms with Gasteiger partial charge in [0.1, 0.15) is 5.75 Å². The molecule has 1 heterocycles. The lowest BCUT2D eigenvalue weighted by atomic mass is 9.77. The summed E-state index contributed by atoms with van der Waals surface area (Å²) >= 11 is 0. The molecule has 0 bridgehead atoms. The first-order chi connectivity index (χ1) is 12.7. The molecule has 132 valence electrons. The predicted molar refractivity (Wildman–Crippen MR) is 99.1 cm³/mol. The molecule has 0 saturated carbocycles. The number of rotatable bonds is 2. The van der Waals surface area contributed by atoms with Gasteiger partial charge >= 0.3 is 0 Å². The molecule has 4 rings (SSSR count). The van der Waals surface area contributed by atoms with E-state index in [1.807, 2.05) is 18.2 Å². The Morgan fingerprint density at radius 2 is 2.04 bits per heavy atom. The summed E-state index contributed by atoms with van der Waals surface area (Å²) in [7, 11) is 1.53. The Kier molecular flexibility index (Phi) is 4.29. The average molecular weight is 348 g/mol. The van der Waals surface area contributed by atoms with Gasteiger partial charge < -0.3 is 10.1 Å². The van der Waals surface area contributed by atoms with Gasteiger partial charge in [-0.3, -0.25) is 9.59 Å². The zero-order valence-electron chi connectivity index (χ0n) is 14.6. The Bertz CT molecular complexity index is 906. The summed E-state index contributed by atoms with van der Waals surface area (Å²) in [4.78, 5) is 29.1. The average Bonchev–Trinajstić information content (AvgIpc) is 2.68. The molecule has 1 aliphatic heterocycles. The zero-order valence-corrected chi connectivity index (χ0v) is 14.6. The van der Waals surface area contributed by atoms with Crippen molar-refractivity contribution in [3.8, 4) is 5.75 Å². The highest BCUT2D eigenvalue weighted by molar-refractivity contribution is 6.14. The van der Waals surface area contributed by atoms with Crippen LogP contribution in [0, 0.1) is 5.92 Å². The molecule has 0 radical (unpaired) electrons. The molecule has 26 heavy (non-hydrogen) atoms. The first-order valence-electron chi connectivity index (χ1n) is 8.86. The number of benzene rings is 1. The molecule has 0 spiro atoms. The summed E-state index contributed by atoms with van der Waals surface area (Å²) in [5.41, 5.74) is 3.92. The summed E-state index contributed by atoms with van der Waals surface area (Å²) < 4.78 is 5.23. The third kappa shape index (κ3) is 2.90. The standard InChI is InChI=1S/C21H20N2O3/c1-26-19-9-5-4-8-17(19)21(25)22-13-10-11-15-14-6-2-3-7-16(14)20(24)23-18(15)12-13/h4-5,8-12,15H,2-3,6-7H2,1H3,(H,23,24). The van der Waals surface area contributed by atoms with Crippen LogP contribution in [0.15, 0.2) is 64.3 Å². The topological polar surface area (TPSA) is 67.8 Å². The minimum absolute atomic E-state index is 0.00657. The molecule has 0 fully saturated rings. The highest BCUT2D eigenvalue weighted by Gasteiger charge is 2.33. The molecule has 1 aromatic carbocycles. The van der Waals surface area contributed by atoms with Crippen LogP contribution in [0.5, 0.6) is 5.75 Å². The third-order valence-electron chi connectivity index (χ3n) is 5.08. The second-order valence-electron chi connectivity index (χ2n) is 6.64. The molecule has 1 aromatic rings. The summed E-state index contributed by atoms with van der Waals surface area (Å²) in [6.45, 7) is 0. The number of methoxy groups -OCH3 is 1. The molecule has 1 atom stereocenters. The Morgan fingerprint density at radius 3 is 2.88 bits per heavy atom. The molecule has 0 saturated heterocycles. The highest BCUT2D eigenvalue weighted by Crippen LogP contribution is 2.38. The first-order valence-corrected chi connectivity index (χ1v) is 8.86. The molecule has 5 nitrogen and oxygen atoms in total. The Labute approximate surface area is 152 Å². The van der Waals surface area contributed by atoms with Crippen LogP contribution < -0.4 is 10.1 Å². The van der Waals surface area contributed by atoms with E-state index in [0.29, 0.717) is 17.0 Å². The van der Waals surface area contributed by atoms with Crippen molar-refractivity contribution in [2.45, 2.75) is 25.7 Å². The van der Waals surface area contributed by atoms with Gasteiger partial charge in [0.05, 0.1) is 18.4 Å². The predicted octanol–water partition coefficient (Wildman–Crippen LogP) is 3.35. The van der Waals surface area contributed by atoms with E-state index in [1.54, 1.807) is 24.3 Å². The van der Waals surface area contributed by atoms with Crippen molar-refractivity contribution in [1.29, 1.82) is 0 Å². The van der Waals surface area contributed by atoms with E-state index >= 15 is 0 Å². The van der Waals surface area contributed by atoms with Crippen molar-refractivity contribution in [1.82, 2.24) is 5.32 Å². The largest absolute Gasteiger partial charge is 0.496 e. The van der Waals surface area contributed by atoms with Gasteiger partial charge in [0.25, 0.3) is 11.8 Å². The summed E-state index contributed by atoms with van der Waals surface area (Å²) in [5, 5.41) is 2.98. The quantitative estimate of drug-likeness (QED) is 0.891. The van der Waals surface area contributed by atoms with Crippen LogP contribution in [-0.4, -0.2) is 24.6 Å². The Balaban J connectivity index is 1.64. The molecule has 2 amide bonds. The van der Waals surface area contributed by atoms with E-state index in [-0.39, 0.29) is 17.7 Å². The Morgan fingerprint density at radius 1 is 1.23 bits per heavy atom. The Hall–Kier alpha value is -2.95. The van der Waals surface area contributed by atoms with Gasteiger partial charge in [0, 0.05) is 17.2 Å². The number of carbonyl (C=O) groups is 2. The summed E-state index contributed by atoms with van der Waals surface area (Å²) in [5.74, 6) is 0.225. The normalized spacial score (nSPS) is 23.1. The monoisotopic (exact) mass is 348 g/mol. The SMILES string of the molecule is COc1ccccc1C(=O)N=C1C=CC2C(=C1)NC(=O)C1=C2CCCC1. The van der Waals surface area contributed by atoms with Gasteiger partial charge in [-0.25, -0.2) is 4.99 Å². The molecule has 3 aliphatic rings. The third-order valence-corrected chi connectivity index (χ3v) is 5.08. The number of fused-ring (bicyclic) bond motifs is 2. The molecule has 1 unspecified atom stereocenters. The zero-order chi connectivity index (χ0) is 18.1. The van der Waals surface area contributed by atoms with Crippen LogP contribution in [-0.2, 0) is 4.79 Å². The lowest BCUT2D eigenvalue weighted by Crippen LogP contribution is -2.37. The second kappa shape index (κ2) is 6.75. The fourth-order valence-corrected chi connectivity index (χ4v) is 3.82.